The Hall–Kier alpha value is -3.09. The van der Waals surface area contributed by atoms with Crippen LogP contribution >= 0.6 is 22.6 Å². The van der Waals surface area contributed by atoms with Crippen LogP contribution in [0, 0.1) is 9.39 Å². The monoisotopic (exact) mass is 547 g/mol. The van der Waals surface area contributed by atoms with Crippen LogP contribution in [0.3, 0.4) is 0 Å². The van der Waals surface area contributed by atoms with Gasteiger partial charge in [-0.25, -0.2) is 9.87 Å². The molecule has 0 bridgehead atoms. The Bertz CT molecular complexity index is 1250. The molecule has 0 aliphatic rings. The van der Waals surface area contributed by atoms with Crippen LogP contribution in [0.15, 0.2) is 61.2 Å². The van der Waals surface area contributed by atoms with Gasteiger partial charge in [-0.2, -0.15) is 0 Å². The summed E-state index contributed by atoms with van der Waals surface area (Å²) in [7, 11) is 0. The molecule has 0 atom stereocenters. The van der Waals surface area contributed by atoms with Crippen molar-refractivity contribution in [1.29, 1.82) is 0 Å². The molecule has 3 aromatic heterocycles. The molecule has 0 aliphatic heterocycles. The Labute approximate surface area is 196 Å². The molecule has 0 saturated carbocycles. The van der Waals surface area contributed by atoms with Gasteiger partial charge in [-0.1, -0.05) is 0 Å². The standard InChI is InChI=1S/C22H19FIN5O3/c23-17-11-15(24)1-2-18(17)27-20-16-12-26-8-5-19(16)29(13-14-3-6-25-7-4-14)21(20)22(31)28-32-10-9-30/h1-8,11-12,27,30H,9-10,13H2,(H,28,31). The highest BCUT2D eigenvalue weighted by Gasteiger charge is 2.24. The first-order valence-corrected chi connectivity index (χ1v) is 10.8. The number of nitrogens with one attached hydrogen (secondary N) is 2. The van der Waals surface area contributed by atoms with Gasteiger partial charge >= 0.3 is 0 Å². The van der Waals surface area contributed by atoms with Crippen LogP contribution in [0.1, 0.15) is 16.1 Å². The van der Waals surface area contributed by atoms with Gasteiger partial charge in [0.2, 0.25) is 0 Å². The quantitative estimate of drug-likeness (QED) is 0.177. The molecular weight excluding hydrogens is 528 g/mol. The summed E-state index contributed by atoms with van der Waals surface area (Å²) in [5.74, 6) is -0.990. The minimum Gasteiger partial charge on any atom is -0.394 e. The molecule has 0 fully saturated rings. The Morgan fingerprint density at radius 1 is 1.16 bits per heavy atom. The number of pyridine rings is 2. The van der Waals surface area contributed by atoms with Crippen molar-refractivity contribution < 1.29 is 19.1 Å². The van der Waals surface area contributed by atoms with Crippen LogP contribution in [-0.2, 0) is 11.4 Å². The lowest BCUT2D eigenvalue weighted by Gasteiger charge is -2.14. The van der Waals surface area contributed by atoms with Crippen LogP contribution in [0.5, 0.6) is 0 Å². The number of carbonyl (C=O) groups is 1. The van der Waals surface area contributed by atoms with Gasteiger partial charge in [0.1, 0.15) is 11.5 Å². The fourth-order valence-corrected chi connectivity index (χ4v) is 3.78. The van der Waals surface area contributed by atoms with E-state index in [0.717, 1.165) is 14.7 Å². The molecule has 32 heavy (non-hydrogen) atoms. The molecule has 164 valence electrons. The van der Waals surface area contributed by atoms with E-state index >= 15 is 0 Å². The summed E-state index contributed by atoms with van der Waals surface area (Å²) in [6.07, 6.45) is 6.60. The molecular formula is C22H19FIN5O3. The predicted molar refractivity (Wildman–Crippen MR) is 126 cm³/mol. The van der Waals surface area contributed by atoms with Crippen molar-refractivity contribution in [1.82, 2.24) is 20.0 Å². The number of nitrogens with zero attached hydrogens (tertiary/aromatic N) is 3. The number of hydroxylamine groups is 1. The molecule has 4 rings (SSSR count). The summed E-state index contributed by atoms with van der Waals surface area (Å²) in [6.45, 7) is 0.0538. The minimum atomic E-state index is -0.544. The highest BCUT2D eigenvalue weighted by atomic mass is 127. The molecule has 0 saturated heterocycles. The number of amides is 1. The molecule has 1 amide bonds. The smallest absolute Gasteiger partial charge is 0.293 e. The van der Waals surface area contributed by atoms with Crippen LogP contribution in [0.25, 0.3) is 10.9 Å². The molecule has 0 aliphatic carbocycles. The van der Waals surface area contributed by atoms with E-state index in [2.05, 4.69) is 20.8 Å². The van der Waals surface area contributed by atoms with Crippen molar-refractivity contribution in [3.63, 3.8) is 0 Å². The second-order valence-corrected chi connectivity index (χ2v) is 8.06. The Balaban J connectivity index is 1.86. The van der Waals surface area contributed by atoms with Crippen LogP contribution in [0.4, 0.5) is 15.8 Å². The number of aliphatic hydroxyl groups is 1. The molecule has 10 heteroatoms. The third kappa shape index (κ3) is 4.71. The molecule has 8 nitrogen and oxygen atoms in total. The largest absolute Gasteiger partial charge is 0.394 e. The fourth-order valence-electron chi connectivity index (χ4n) is 3.33. The van der Waals surface area contributed by atoms with Gasteiger partial charge in [0.15, 0.2) is 0 Å². The summed E-state index contributed by atoms with van der Waals surface area (Å²) in [6, 6.07) is 10.3. The number of benzene rings is 1. The third-order valence-electron chi connectivity index (χ3n) is 4.72. The predicted octanol–water partition coefficient (Wildman–Crippen LogP) is 3.62. The highest BCUT2D eigenvalue weighted by molar-refractivity contribution is 14.1. The van der Waals surface area contributed by atoms with Gasteiger partial charge in [-0.05, 0) is 64.6 Å². The van der Waals surface area contributed by atoms with E-state index < -0.39 is 11.7 Å². The fraction of sp³-hybridized carbons (Fsp3) is 0.136. The third-order valence-corrected chi connectivity index (χ3v) is 5.39. The van der Waals surface area contributed by atoms with Gasteiger partial charge in [0.25, 0.3) is 5.91 Å². The molecule has 4 aromatic rings. The summed E-state index contributed by atoms with van der Waals surface area (Å²) in [5, 5.41) is 12.7. The molecule has 0 radical (unpaired) electrons. The van der Waals surface area contributed by atoms with E-state index in [0.29, 0.717) is 17.6 Å². The lowest BCUT2D eigenvalue weighted by atomic mass is 10.2. The molecule has 1 aromatic carbocycles. The van der Waals surface area contributed by atoms with E-state index in [-0.39, 0.29) is 24.6 Å². The Morgan fingerprint density at radius 3 is 2.69 bits per heavy atom. The molecule has 0 unspecified atom stereocenters. The van der Waals surface area contributed by atoms with Gasteiger partial charge in [-0.3, -0.25) is 19.6 Å². The second kappa shape index (κ2) is 10.0. The topological polar surface area (TPSA) is 101 Å². The van der Waals surface area contributed by atoms with E-state index in [9.17, 15) is 9.18 Å². The molecule has 0 spiro atoms. The van der Waals surface area contributed by atoms with Gasteiger partial charge in [0.05, 0.1) is 30.1 Å². The normalized spacial score (nSPS) is 11.0. The van der Waals surface area contributed by atoms with Crippen LogP contribution < -0.4 is 10.8 Å². The lowest BCUT2D eigenvalue weighted by molar-refractivity contribution is 0.0163. The number of aliphatic hydroxyl groups excluding tert-OH is 1. The first-order chi connectivity index (χ1) is 15.6. The zero-order valence-corrected chi connectivity index (χ0v) is 18.9. The van der Waals surface area contributed by atoms with Crippen molar-refractivity contribution in [3.05, 3.63) is 81.8 Å². The van der Waals surface area contributed by atoms with Crippen molar-refractivity contribution in [2.45, 2.75) is 6.54 Å². The first kappa shape index (κ1) is 22.1. The molecule has 3 N–H and O–H groups in total. The van der Waals surface area contributed by atoms with E-state index in [1.165, 1.54) is 6.07 Å². The van der Waals surface area contributed by atoms with Gasteiger partial charge in [0, 0.05) is 40.3 Å². The van der Waals surface area contributed by atoms with Crippen molar-refractivity contribution in [2.24, 2.45) is 0 Å². The number of rotatable bonds is 8. The van der Waals surface area contributed by atoms with E-state index in [4.69, 9.17) is 9.94 Å². The number of carbonyl (C=O) groups excluding carboxylic acids is 1. The Kier molecular flexibility index (Phi) is 6.93. The van der Waals surface area contributed by atoms with Gasteiger partial charge in [-0.15, -0.1) is 0 Å². The number of hydrogen-bond acceptors (Lipinski definition) is 6. The number of hydrogen-bond donors (Lipinski definition) is 3. The summed E-state index contributed by atoms with van der Waals surface area (Å²) >= 11 is 2.03. The van der Waals surface area contributed by atoms with Crippen LogP contribution in [0.2, 0.25) is 0 Å². The number of aromatic nitrogens is 3. The molecule has 3 heterocycles. The average molecular weight is 547 g/mol. The maximum Gasteiger partial charge on any atom is 0.293 e. The number of halogens is 2. The van der Waals surface area contributed by atoms with Crippen LogP contribution in [-0.4, -0.2) is 38.8 Å². The Morgan fingerprint density at radius 2 is 1.94 bits per heavy atom. The average Bonchev–Trinajstić information content (AvgIpc) is 3.10. The summed E-state index contributed by atoms with van der Waals surface area (Å²) in [4.78, 5) is 26.4. The maximum atomic E-state index is 14.6. The zero-order chi connectivity index (χ0) is 22.5. The zero-order valence-electron chi connectivity index (χ0n) is 16.8. The van der Waals surface area contributed by atoms with E-state index in [1.54, 1.807) is 47.6 Å². The summed E-state index contributed by atoms with van der Waals surface area (Å²) in [5.41, 5.74) is 4.86. The second-order valence-electron chi connectivity index (χ2n) is 6.81. The number of anilines is 2. The summed E-state index contributed by atoms with van der Waals surface area (Å²) < 4.78 is 17.2. The maximum absolute atomic E-state index is 14.6. The van der Waals surface area contributed by atoms with Crippen molar-refractivity contribution in [2.75, 3.05) is 18.5 Å². The minimum absolute atomic E-state index is 0.0631. The van der Waals surface area contributed by atoms with Crippen molar-refractivity contribution in [3.8, 4) is 0 Å². The first-order valence-electron chi connectivity index (χ1n) is 9.68. The van der Waals surface area contributed by atoms with E-state index in [1.807, 2.05) is 34.7 Å². The SMILES string of the molecule is O=C(NOCCO)c1c(Nc2ccc(I)cc2F)c2cnccc2n1Cc1ccncc1. The lowest BCUT2D eigenvalue weighted by Crippen LogP contribution is -2.28. The number of fused-ring (bicyclic) bond motifs is 1. The van der Waals surface area contributed by atoms with Crippen molar-refractivity contribution >= 4 is 50.8 Å². The van der Waals surface area contributed by atoms with Gasteiger partial charge < -0.3 is 15.0 Å². The highest BCUT2D eigenvalue weighted by Crippen LogP contribution is 2.34.